The molecule has 0 saturated carbocycles. The molecule has 1 fully saturated rings. The molecule has 4 nitrogen and oxygen atoms in total. The number of anilines is 1. The van der Waals surface area contributed by atoms with Crippen molar-refractivity contribution in [1.82, 2.24) is 14.9 Å². The van der Waals surface area contributed by atoms with Gasteiger partial charge in [0.2, 0.25) is 5.82 Å². The molecule has 0 aliphatic carbocycles. The second kappa shape index (κ2) is 6.13. The highest BCUT2D eigenvalue weighted by Crippen LogP contribution is 2.28. The predicted molar refractivity (Wildman–Crippen MR) is 70.8 cm³/mol. The number of nitrogens with one attached hydrogen (secondary N) is 1. The largest absolute Gasteiger partial charge is 0.451 e. The molecule has 1 aromatic heterocycles. The molecular formula is C12H16ClF3N4. The molecule has 1 aliphatic rings. The van der Waals surface area contributed by atoms with E-state index in [1.807, 2.05) is 0 Å². The third-order valence-electron chi connectivity index (χ3n) is 3.36. The Balaban J connectivity index is 1.97. The van der Waals surface area contributed by atoms with Crippen molar-refractivity contribution in [3.05, 3.63) is 17.0 Å². The molecular weight excluding hydrogens is 293 g/mol. The molecule has 1 saturated heterocycles. The number of rotatable bonds is 3. The monoisotopic (exact) mass is 308 g/mol. The van der Waals surface area contributed by atoms with E-state index in [1.54, 1.807) is 0 Å². The highest BCUT2D eigenvalue weighted by atomic mass is 35.5. The summed E-state index contributed by atoms with van der Waals surface area (Å²) in [5.41, 5.74) is 0. The summed E-state index contributed by atoms with van der Waals surface area (Å²) in [5, 5.41) is 2.72. The van der Waals surface area contributed by atoms with Crippen molar-refractivity contribution in [1.29, 1.82) is 0 Å². The third kappa shape index (κ3) is 4.21. The number of alkyl halides is 3. The molecule has 2 rings (SSSR count). The Kier molecular flexibility index (Phi) is 4.70. The zero-order valence-electron chi connectivity index (χ0n) is 11.0. The van der Waals surface area contributed by atoms with Crippen LogP contribution in [-0.2, 0) is 6.18 Å². The van der Waals surface area contributed by atoms with Crippen LogP contribution in [-0.4, -0.2) is 41.5 Å². The molecule has 2 heterocycles. The molecule has 1 N–H and O–H groups in total. The van der Waals surface area contributed by atoms with Crippen molar-refractivity contribution in [2.24, 2.45) is 5.92 Å². The summed E-state index contributed by atoms with van der Waals surface area (Å²) in [5.74, 6) is -0.651. The quantitative estimate of drug-likeness (QED) is 0.872. The fourth-order valence-electron chi connectivity index (χ4n) is 2.15. The lowest BCUT2D eigenvalue weighted by molar-refractivity contribution is -0.144. The molecule has 0 bridgehead atoms. The van der Waals surface area contributed by atoms with E-state index in [4.69, 9.17) is 11.6 Å². The lowest BCUT2D eigenvalue weighted by atomic mass is 9.97. The van der Waals surface area contributed by atoms with Gasteiger partial charge in [0.25, 0.3) is 0 Å². The molecule has 1 aliphatic heterocycles. The Labute approximate surface area is 120 Å². The smallest absolute Gasteiger partial charge is 0.370 e. The lowest BCUT2D eigenvalue weighted by Gasteiger charge is -2.29. The number of halogens is 4. The summed E-state index contributed by atoms with van der Waals surface area (Å²) in [7, 11) is 2.06. The SMILES string of the molecule is CN1CCC(CNc2cc(Cl)nc(C(F)(F)F)n2)CC1. The first kappa shape index (κ1) is 15.3. The van der Waals surface area contributed by atoms with Gasteiger partial charge in [-0.3, -0.25) is 0 Å². The fraction of sp³-hybridized carbons (Fsp3) is 0.667. The zero-order chi connectivity index (χ0) is 14.8. The second-order valence-electron chi connectivity index (χ2n) is 5.02. The maximum atomic E-state index is 12.6. The molecule has 0 unspecified atom stereocenters. The Morgan fingerprint density at radius 3 is 2.60 bits per heavy atom. The van der Waals surface area contributed by atoms with Crippen molar-refractivity contribution in [2.75, 3.05) is 32.0 Å². The van der Waals surface area contributed by atoms with Gasteiger partial charge < -0.3 is 10.2 Å². The summed E-state index contributed by atoms with van der Waals surface area (Å²) in [6.07, 6.45) is -2.54. The van der Waals surface area contributed by atoms with Gasteiger partial charge in [-0.05, 0) is 38.9 Å². The van der Waals surface area contributed by atoms with Crippen LogP contribution >= 0.6 is 11.6 Å². The Hall–Kier alpha value is -1.08. The first-order valence-corrected chi connectivity index (χ1v) is 6.76. The van der Waals surface area contributed by atoms with E-state index in [2.05, 4.69) is 27.2 Å². The van der Waals surface area contributed by atoms with Crippen LogP contribution < -0.4 is 5.32 Å². The van der Waals surface area contributed by atoms with Crippen molar-refractivity contribution < 1.29 is 13.2 Å². The van der Waals surface area contributed by atoms with Gasteiger partial charge in [-0.15, -0.1) is 0 Å². The molecule has 0 atom stereocenters. The predicted octanol–water partition coefficient (Wildman–Crippen LogP) is 2.90. The fourth-order valence-corrected chi connectivity index (χ4v) is 2.33. The molecule has 0 radical (unpaired) electrons. The zero-order valence-corrected chi connectivity index (χ0v) is 11.8. The van der Waals surface area contributed by atoms with Crippen LogP contribution in [0.1, 0.15) is 18.7 Å². The van der Waals surface area contributed by atoms with Crippen molar-refractivity contribution >= 4 is 17.4 Å². The number of hydrogen-bond acceptors (Lipinski definition) is 4. The minimum Gasteiger partial charge on any atom is -0.370 e. The van der Waals surface area contributed by atoms with Crippen LogP contribution in [0.3, 0.4) is 0 Å². The van der Waals surface area contributed by atoms with Crippen molar-refractivity contribution in [3.8, 4) is 0 Å². The standard InChI is InChI=1S/C12H16ClF3N4/c1-20-4-2-8(3-5-20)7-17-10-6-9(13)18-11(19-10)12(14,15)16/h6,8H,2-5,7H2,1H3,(H,17,18,19). The minimum atomic E-state index is -4.59. The number of aromatic nitrogens is 2. The Bertz CT molecular complexity index is 459. The van der Waals surface area contributed by atoms with E-state index in [0.717, 1.165) is 25.9 Å². The van der Waals surface area contributed by atoms with Gasteiger partial charge >= 0.3 is 6.18 Å². The summed E-state index contributed by atoms with van der Waals surface area (Å²) < 4.78 is 37.7. The van der Waals surface area contributed by atoms with Gasteiger partial charge in [0, 0.05) is 12.6 Å². The van der Waals surface area contributed by atoms with Gasteiger partial charge in [-0.25, -0.2) is 9.97 Å². The normalized spacial score (nSPS) is 18.2. The topological polar surface area (TPSA) is 41.0 Å². The van der Waals surface area contributed by atoms with Crippen molar-refractivity contribution in [3.63, 3.8) is 0 Å². The van der Waals surface area contributed by atoms with Gasteiger partial charge in [0.1, 0.15) is 11.0 Å². The van der Waals surface area contributed by atoms with Gasteiger partial charge in [-0.1, -0.05) is 11.6 Å². The average Bonchev–Trinajstić information content (AvgIpc) is 2.36. The van der Waals surface area contributed by atoms with Crippen molar-refractivity contribution in [2.45, 2.75) is 19.0 Å². The highest BCUT2D eigenvalue weighted by molar-refractivity contribution is 6.29. The maximum Gasteiger partial charge on any atom is 0.451 e. The number of nitrogens with zero attached hydrogens (tertiary/aromatic N) is 3. The summed E-state index contributed by atoms with van der Waals surface area (Å²) in [6, 6.07) is 1.31. The van der Waals surface area contributed by atoms with Gasteiger partial charge in [-0.2, -0.15) is 13.2 Å². The maximum absolute atomic E-state index is 12.6. The van der Waals surface area contributed by atoms with Crippen LogP contribution in [0, 0.1) is 5.92 Å². The Morgan fingerprint density at radius 2 is 2.00 bits per heavy atom. The minimum absolute atomic E-state index is 0.122. The van der Waals surface area contributed by atoms with Crippen LogP contribution in [0.15, 0.2) is 6.07 Å². The van der Waals surface area contributed by atoms with E-state index in [1.165, 1.54) is 6.07 Å². The van der Waals surface area contributed by atoms with E-state index in [9.17, 15) is 13.2 Å². The number of hydrogen-bond donors (Lipinski definition) is 1. The molecule has 0 spiro atoms. The Morgan fingerprint density at radius 1 is 1.35 bits per heavy atom. The molecule has 112 valence electrons. The molecule has 0 aromatic carbocycles. The average molecular weight is 309 g/mol. The van der Waals surface area contributed by atoms with Crippen LogP contribution in [0.2, 0.25) is 5.15 Å². The van der Waals surface area contributed by atoms with Gasteiger partial charge in [0.05, 0.1) is 0 Å². The summed E-state index contributed by atoms with van der Waals surface area (Å²) in [6.45, 7) is 2.60. The first-order chi connectivity index (χ1) is 9.34. The summed E-state index contributed by atoms with van der Waals surface area (Å²) in [4.78, 5) is 8.89. The van der Waals surface area contributed by atoms with Crippen LogP contribution in [0.5, 0.6) is 0 Å². The number of piperidine rings is 1. The molecule has 1 aromatic rings. The first-order valence-electron chi connectivity index (χ1n) is 6.39. The summed E-state index contributed by atoms with van der Waals surface area (Å²) >= 11 is 5.60. The van der Waals surface area contributed by atoms with Crippen LogP contribution in [0.4, 0.5) is 19.0 Å². The van der Waals surface area contributed by atoms with E-state index in [0.29, 0.717) is 12.5 Å². The van der Waals surface area contributed by atoms with E-state index >= 15 is 0 Å². The number of likely N-dealkylation sites (tertiary alicyclic amines) is 1. The molecule has 0 amide bonds. The molecule has 8 heteroatoms. The molecule has 20 heavy (non-hydrogen) atoms. The highest BCUT2D eigenvalue weighted by Gasteiger charge is 2.35. The second-order valence-corrected chi connectivity index (χ2v) is 5.41. The van der Waals surface area contributed by atoms with Gasteiger partial charge in [0.15, 0.2) is 0 Å². The van der Waals surface area contributed by atoms with E-state index in [-0.39, 0.29) is 11.0 Å². The van der Waals surface area contributed by atoms with Crippen LogP contribution in [0.25, 0.3) is 0 Å². The lowest BCUT2D eigenvalue weighted by Crippen LogP contribution is -2.33. The third-order valence-corrected chi connectivity index (χ3v) is 3.55. The van der Waals surface area contributed by atoms with E-state index < -0.39 is 12.0 Å².